The summed E-state index contributed by atoms with van der Waals surface area (Å²) in [6, 6.07) is 25.4. The summed E-state index contributed by atoms with van der Waals surface area (Å²) in [4.78, 5) is 0. The van der Waals surface area contributed by atoms with Crippen LogP contribution in [-0.4, -0.2) is 28.2 Å². The molecule has 0 aliphatic carbocycles. The molecule has 0 unspecified atom stereocenters. The van der Waals surface area contributed by atoms with Gasteiger partial charge in [-0.05, 0) is 59.7 Å². The lowest BCUT2D eigenvalue weighted by molar-refractivity contribution is 0.306. The van der Waals surface area contributed by atoms with Crippen LogP contribution in [0.25, 0.3) is 11.4 Å². The van der Waals surface area contributed by atoms with E-state index in [1.807, 2.05) is 78.9 Å². The Morgan fingerprint density at radius 1 is 1.00 bits per heavy atom. The molecule has 0 spiro atoms. The monoisotopic (exact) mass is 416 g/mol. The number of H-pyrrole nitrogens is 1. The third kappa shape index (κ3) is 4.47. The summed E-state index contributed by atoms with van der Waals surface area (Å²) in [5.41, 5.74) is 2.84. The second-order valence-corrected chi connectivity index (χ2v) is 6.84. The zero-order chi connectivity index (χ0) is 20.8. The van der Waals surface area contributed by atoms with Crippen LogP contribution in [0, 0.1) is 4.77 Å². The molecule has 0 atom stereocenters. The minimum Gasteiger partial charge on any atom is -0.496 e. The van der Waals surface area contributed by atoms with Crippen LogP contribution in [0.3, 0.4) is 0 Å². The van der Waals surface area contributed by atoms with Gasteiger partial charge < -0.3 is 9.47 Å². The molecule has 1 N–H and O–H groups in total. The Bertz CT molecular complexity index is 1200. The van der Waals surface area contributed by atoms with Crippen LogP contribution in [0.1, 0.15) is 11.1 Å². The largest absolute Gasteiger partial charge is 0.496 e. The van der Waals surface area contributed by atoms with Crippen LogP contribution >= 0.6 is 12.2 Å². The summed E-state index contributed by atoms with van der Waals surface area (Å²) in [5.74, 6) is 2.07. The molecule has 0 aliphatic heterocycles. The molecule has 6 nitrogen and oxygen atoms in total. The predicted molar refractivity (Wildman–Crippen MR) is 120 cm³/mol. The van der Waals surface area contributed by atoms with E-state index in [9.17, 15) is 0 Å². The van der Waals surface area contributed by atoms with E-state index in [2.05, 4.69) is 15.3 Å². The van der Waals surface area contributed by atoms with E-state index in [0.29, 0.717) is 23.0 Å². The maximum atomic E-state index is 5.82. The number of aromatic nitrogens is 3. The highest BCUT2D eigenvalue weighted by atomic mass is 32.1. The van der Waals surface area contributed by atoms with Crippen molar-refractivity contribution in [2.45, 2.75) is 6.61 Å². The van der Waals surface area contributed by atoms with Gasteiger partial charge >= 0.3 is 0 Å². The minimum absolute atomic E-state index is 0.398. The van der Waals surface area contributed by atoms with Crippen molar-refractivity contribution in [3.63, 3.8) is 0 Å². The first-order chi connectivity index (χ1) is 14.7. The number of aromatic amines is 1. The number of rotatable bonds is 7. The molecule has 0 bridgehead atoms. The minimum atomic E-state index is 0.398. The van der Waals surface area contributed by atoms with Crippen LogP contribution < -0.4 is 9.47 Å². The molecule has 0 aliphatic rings. The fourth-order valence-electron chi connectivity index (χ4n) is 2.92. The van der Waals surface area contributed by atoms with Gasteiger partial charge in [0.1, 0.15) is 18.1 Å². The van der Waals surface area contributed by atoms with Gasteiger partial charge in [-0.15, -0.1) is 0 Å². The molecule has 1 heterocycles. The fourth-order valence-corrected chi connectivity index (χ4v) is 3.10. The molecule has 7 heteroatoms. The summed E-state index contributed by atoms with van der Waals surface area (Å²) < 4.78 is 13.2. The molecule has 0 radical (unpaired) electrons. The van der Waals surface area contributed by atoms with Crippen molar-refractivity contribution in [1.29, 1.82) is 0 Å². The number of methoxy groups -OCH3 is 1. The molecule has 4 rings (SSSR count). The van der Waals surface area contributed by atoms with E-state index >= 15 is 0 Å². The molecule has 0 saturated carbocycles. The number of ether oxygens (including phenoxy) is 2. The number of hydrogen-bond donors (Lipinski definition) is 1. The van der Waals surface area contributed by atoms with Gasteiger partial charge in [-0.3, -0.25) is 0 Å². The second-order valence-electron chi connectivity index (χ2n) is 6.45. The van der Waals surface area contributed by atoms with Crippen molar-refractivity contribution in [2.75, 3.05) is 7.11 Å². The highest BCUT2D eigenvalue weighted by molar-refractivity contribution is 7.71. The molecule has 30 heavy (non-hydrogen) atoms. The van der Waals surface area contributed by atoms with Crippen molar-refractivity contribution < 1.29 is 9.47 Å². The lowest BCUT2D eigenvalue weighted by Crippen LogP contribution is -1.97. The standard InChI is InChI=1S/C23H20N4O2S/c1-28-21-10-6-5-9-20(21)22-25-26-23(30)27(22)24-15-17-11-13-19(14-12-17)29-16-18-7-3-2-4-8-18/h2-15H,16H2,1H3,(H,26,30)/b24-15+. The highest BCUT2D eigenvalue weighted by Crippen LogP contribution is 2.28. The zero-order valence-corrected chi connectivity index (χ0v) is 17.2. The van der Waals surface area contributed by atoms with Crippen LogP contribution in [0.2, 0.25) is 0 Å². The third-order valence-electron chi connectivity index (χ3n) is 4.45. The van der Waals surface area contributed by atoms with Crippen LogP contribution in [0.4, 0.5) is 0 Å². The molecule has 1 aromatic heterocycles. The second kappa shape index (κ2) is 9.19. The van der Waals surface area contributed by atoms with Crippen LogP contribution in [0.5, 0.6) is 11.5 Å². The molecular formula is C23H20N4O2S. The Balaban J connectivity index is 1.51. The number of nitrogens with zero attached hydrogens (tertiary/aromatic N) is 3. The van der Waals surface area contributed by atoms with Crippen molar-refractivity contribution in [3.05, 3.63) is 94.8 Å². The van der Waals surface area contributed by atoms with Crippen LogP contribution in [0.15, 0.2) is 84.0 Å². The van der Waals surface area contributed by atoms with Gasteiger partial charge in [0.2, 0.25) is 4.77 Å². The van der Waals surface area contributed by atoms with Crippen molar-refractivity contribution in [1.82, 2.24) is 14.9 Å². The Kier molecular flexibility index (Phi) is 6.01. The van der Waals surface area contributed by atoms with E-state index in [4.69, 9.17) is 21.7 Å². The van der Waals surface area contributed by atoms with E-state index in [-0.39, 0.29) is 0 Å². The number of hydrogen-bond acceptors (Lipinski definition) is 5. The SMILES string of the molecule is COc1ccccc1-c1n[nH]c(=S)n1/N=C/c1ccc(OCc2ccccc2)cc1. The number of nitrogens with one attached hydrogen (secondary N) is 1. The van der Waals surface area contributed by atoms with Crippen LogP contribution in [-0.2, 0) is 6.61 Å². The highest BCUT2D eigenvalue weighted by Gasteiger charge is 2.12. The maximum Gasteiger partial charge on any atom is 0.216 e. The van der Waals surface area contributed by atoms with Gasteiger partial charge in [0.15, 0.2) is 5.82 Å². The van der Waals surface area contributed by atoms with Gasteiger partial charge in [-0.2, -0.15) is 14.9 Å². The Morgan fingerprint density at radius 2 is 1.73 bits per heavy atom. The smallest absolute Gasteiger partial charge is 0.216 e. The predicted octanol–water partition coefficient (Wildman–Crippen LogP) is 5.08. The van der Waals surface area contributed by atoms with E-state index in [1.54, 1.807) is 18.0 Å². The first kappa shape index (κ1) is 19.6. The van der Waals surface area contributed by atoms with Gasteiger partial charge in [-0.1, -0.05) is 42.5 Å². The molecular weight excluding hydrogens is 396 g/mol. The van der Waals surface area contributed by atoms with Gasteiger partial charge in [0, 0.05) is 0 Å². The van der Waals surface area contributed by atoms with E-state index in [0.717, 1.165) is 22.4 Å². The fraction of sp³-hybridized carbons (Fsp3) is 0.0870. The lowest BCUT2D eigenvalue weighted by Gasteiger charge is -2.07. The average molecular weight is 417 g/mol. The number of para-hydroxylation sites is 1. The zero-order valence-electron chi connectivity index (χ0n) is 16.4. The molecule has 3 aromatic carbocycles. The Hall–Kier alpha value is -3.71. The van der Waals surface area contributed by atoms with Crippen molar-refractivity contribution in [3.8, 4) is 22.9 Å². The normalized spacial score (nSPS) is 11.0. The van der Waals surface area contributed by atoms with E-state index < -0.39 is 0 Å². The number of benzene rings is 3. The summed E-state index contributed by atoms with van der Waals surface area (Å²) in [6.45, 7) is 0.528. The van der Waals surface area contributed by atoms with Gasteiger partial charge in [-0.25, -0.2) is 5.10 Å². The molecule has 150 valence electrons. The quantitative estimate of drug-likeness (QED) is 0.337. The van der Waals surface area contributed by atoms with Crippen molar-refractivity contribution >= 4 is 18.4 Å². The first-order valence-electron chi connectivity index (χ1n) is 9.36. The van der Waals surface area contributed by atoms with E-state index in [1.165, 1.54) is 0 Å². The molecule has 4 aromatic rings. The maximum absolute atomic E-state index is 5.82. The summed E-state index contributed by atoms with van der Waals surface area (Å²) in [5, 5.41) is 11.6. The molecule has 0 saturated heterocycles. The molecule has 0 fully saturated rings. The summed E-state index contributed by atoms with van der Waals surface area (Å²) in [6.07, 6.45) is 1.73. The lowest BCUT2D eigenvalue weighted by atomic mass is 10.2. The Labute approximate surface area is 179 Å². The topological polar surface area (TPSA) is 64.4 Å². The first-order valence-corrected chi connectivity index (χ1v) is 9.77. The summed E-state index contributed by atoms with van der Waals surface area (Å²) >= 11 is 5.34. The molecule has 0 amide bonds. The van der Waals surface area contributed by atoms with Gasteiger partial charge in [0.05, 0.1) is 18.9 Å². The van der Waals surface area contributed by atoms with Gasteiger partial charge in [0.25, 0.3) is 0 Å². The summed E-state index contributed by atoms with van der Waals surface area (Å²) in [7, 11) is 1.62. The Morgan fingerprint density at radius 3 is 2.50 bits per heavy atom. The third-order valence-corrected chi connectivity index (χ3v) is 4.71. The van der Waals surface area contributed by atoms with Crippen molar-refractivity contribution in [2.24, 2.45) is 5.10 Å². The average Bonchev–Trinajstić information content (AvgIpc) is 3.17.